The number of carbonyl (C=O) groups excluding carboxylic acids is 1. The van der Waals surface area contributed by atoms with E-state index in [-0.39, 0.29) is 5.57 Å². The Balaban J connectivity index is 0. The Morgan fingerprint density at radius 2 is 1.92 bits per heavy atom. The van der Waals surface area contributed by atoms with Crippen LogP contribution in [0.2, 0.25) is 0 Å². The van der Waals surface area contributed by atoms with E-state index >= 15 is 0 Å². The molecular formula is C10H18FNO. The summed E-state index contributed by atoms with van der Waals surface area (Å²) in [5.74, 6) is -1.28. The van der Waals surface area contributed by atoms with Gasteiger partial charge in [0.05, 0.1) is 5.57 Å². The Morgan fingerprint density at radius 3 is 2.15 bits per heavy atom. The Labute approximate surface area is 79.3 Å². The van der Waals surface area contributed by atoms with Crippen LogP contribution in [0.15, 0.2) is 23.6 Å². The normalized spacial score (nSPS) is 11.8. The predicted molar refractivity (Wildman–Crippen MR) is 53.8 cm³/mol. The summed E-state index contributed by atoms with van der Waals surface area (Å²) in [7, 11) is 0. The molecule has 0 atom stereocenters. The molecule has 76 valence electrons. The molecule has 0 fully saturated rings. The topological polar surface area (TPSA) is 43.1 Å². The zero-order valence-corrected chi connectivity index (χ0v) is 8.73. The minimum atomic E-state index is -0.720. The molecule has 0 rings (SSSR count). The number of nitrogens with two attached hydrogens (primary N) is 1. The number of rotatable bonds is 3. The number of hydrogen-bond acceptors (Lipinski definition) is 1. The molecule has 2 N–H and O–H groups in total. The molecule has 0 aromatic heterocycles. The van der Waals surface area contributed by atoms with Crippen molar-refractivity contribution in [2.75, 3.05) is 0 Å². The summed E-state index contributed by atoms with van der Waals surface area (Å²) >= 11 is 0. The fourth-order valence-electron chi connectivity index (χ4n) is 0.675. The molecule has 0 spiro atoms. The molecule has 2 nitrogen and oxygen atoms in total. The van der Waals surface area contributed by atoms with E-state index in [1.165, 1.54) is 19.1 Å². The lowest BCUT2D eigenvalue weighted by Crippen LogP contribution is -2.14. The summed E-state index contributed by atoms with van der Waals surface area (Å²) in [5.41, 5.74) is 4.88. The van der Waals surface area contributed by atoms with Crippen LogP contribution in [-0.4, -0.2) is 5.91 Å². The van der Waals surface area contributed by atoms with Gasteiger partial charge in [0.2, 0.25) is 0 Å². The van der Waals surface area contributed by atoms with Crippen molar-refractivity contribution in [3.8, 4) is 0 Å². The van der Waals surface area contributed by atoms with E-state index in [1.54, 1.807) is 0 Å². The highest BCUT2D eigenvalue weighted by atomic mass is 19.1. The quantitative estimate of drug-likeness (QED) is 0.535. The first-order chi connectivity index (χ1) is 6.13. The second-order valence-electron chi connectivity index (χ2n) is 2.03. The number of halogens is 1. The van der Waals surface area contributed by atoms with E-state index in [4.69, 9.17) is 5.73 Å². The average Bonchev–Trinajstić information content (AvgIpc) is 2.15. The number of amides is 1. The molecular weight excluding hydrogens is 169 g/mol. The van der Waals surface area contributed by atoms with Gasteiger partial charge in [-0.1, -0.05) is 32.9 Å². The van der Waals surface area contributed by atoms with Gasteiger partial charge in [-0.25, -0.2) is 4.39 Å². The zero-order valence-electron chi connectivity index (χ0n) is 8.73. The summed E-state index contributed by atoms with van der Waals surface area (Å²) in [6, 6.07) is 0. The van der Waals surface area contributed by atoms with Gasteiger partial charge in [-0.15, -0.1) is 0 Å². The van der Waals surface area contributed by atoms with Crippen molar-refractivity contribution in [2.45, 2.75) is 34.1 Å². The van der Waals surface area contributed by atoms with Gasteiger partial charge in [0.25, 0.3) is 5.91 Å². The van der Waals surface area contributed by atoms with Gasteiger partial charge in [0, 0.05) is 0 Å². The SMILES string of the molecule is C/C=C(F)\C(=C\CC)C(N)=O.CC. The third-order valence-electron chi connectivity index (χ3n) is 1.18. The van der Waals surface area contributed by atoms with E-state index in [0.29, 0.717) is 6.42 Å². The molecule has 0 bridgehead atoms. The molecule has 0 aliphatic carbocycles. The maximum Gasteiger partial charge on any atom is 0.251 e. The largest absolute Gasteiger partial charge is 0.366 e. The number of hydrogen-bond donors (Lipinski definition) is 1. The van der Waals surface area contributed by atoms with Crippen molar-refractivity contribution in [1.29, 1.82) is 0 Å². The van der Waals surface area contributed by atoms with Crippen LogP contribution >= 0.6 is 0 Å². The second-order valence-corrected chi connectivity index (χ2v) is 2.03. The van der Waals surface area contributed by atoms with Gasteiger partial charge < -0.3 is 5.73 Å². The lowest BCUT2D eigenvalue weighted by Gasteiger charge is -1.97. The first kappa shape index (κ1) is 14.4. The average molecular weight is 187 g/mol. The minimum absolute atomic E-state index is 0.0324. The van der Waals surface area contributed by atoms with Crippen LogP contribution in [0.1, 0.15) is 34.1 Å². The van der Waals surface area contributed by atoms with E-state index < -0.39 is 11.7 Å². The molecule has 0 aliphatic rings. The van der Waals surface area contributed by atoms with E-state index in [9.17, 15) is 9.18 Å². The first-order valence-electron chi connectivity index (χ1n) is 4.45. The molecule has 1 amide bonds. The molecule has 13 heavy (non-hydrogen) atoms. The Hall–Kier alpha value is -1.12. The van der Waals surface area contributed by atoms with Crippen molar-refractivity contribution in [1.82, 2.24) is 0 Å². The van der Waals surface area contributed by atoms with Crippen LogP contribution in [0, 0.1) is 0 Å². The maximum absolute atomic E-state index is 12.7. The Morgan fingerprint density at radius 1 is 1.46 bits per heavy atom. The van der Waals surface area contributed by atoms with Crippen molar-refractivity contribution in [3.63, 3.8) is 0 Å². The molecule has 0 unspecified atom stereocenters. The van der Waals surface area contributed by atoms with Crippen LogP contribution < -0.4 is 5.73 Å². The van der Waals surface area contributed by atoms with E-state index in [0.717, 1.165) is 0 Å². The van der Waals surface area contributed by atoms with E-state index in [2.05, 4.69) is 0 Å². The zero-order chi connectivity index (χ0) is 10.9. The van der Waals surface area contributed by atoms with Crippen molar-refractivity contribution >= 4 is 5.91 Å². The Bertz CT molecular complexity index is 207. The summed E-state index contributed by atoms with van der Waals surface area (Å²) in [5, 5.41) is 0. The molecule has 0 aliphatic heterocycles. The van der Waals surface area contributed by atoms with Gasteiger partial charge in [0.15, 0.2) is 0 Å². The maximum atomic E-state index is 12.7. The third kappa shape index (κ3) is 6.08. The van der Waals surface area contributed by atoms with Crippen LogP contribution in [0.3, 0.4) is 0 Å². The molecule has 0 heterocycles. The molecule has 0 aromatic rings. The van der Waals surface area contributed by atoms with Crippen molar-refractivity contribution < 1.29 is 9.18 Å². The molecule has 0 radical (unpaired) electrons. The summed E-state index contributed by atoms with van der Waals surface area (Å²) in [6.45, 7) is 7.33. The summed E-state index contributed by atoms with van der Waals surface area (Å²) in [6.07, 6.45) is 3.28. The second kappa shape index (κ2) is 8.97. The highest BCUT2D eigenvalue weighted by Crippen LogP contribution is 2.10. The number of carbonyl (C=O) groups is 1. The predicted octanol–water partition coefficient (Wildman–Crippen LogP) is 2.71. The highest BCUT2D eigenvalue weighted by Gasteiger charge is 2.07. The first-order valence-corrected chi connectivity index (χ1v) is 4.45. The fraction of sp³-hybridized carbons (Fsp3) is 0.500. The smallest absolute Gasteiger partial charge is 0.251 e. The minimum Gasteiger partial charge on any atom is -0.366 e. The Kier molecular flexibility index (Phi) is 9.94. The van der Waals surface area contributed by atoms with Crippen molar-refractivity contribution in [3.05, 3.63) is 23.6 Å². The highest BCUT2D eigenvalue weighted by molar-refractivity contribution is 5.95. The van der Waals surface area contributed by atoms with Crippen LogP contribution in [0.25, 0.3) is 0 Å². The van der Waals surface area contributed by atoms with Crippen molar-refractivity contribution in [2.24, 2.45) is 5.73 Å². The molecule has 0 saturated heterocycles. The number of primary amides is 1. The lowest BCUT2D eigenvalue weighted by atomic mass is 10.2. The van der Waals surface area contributed by atoms with Gasteiger partial charge in [-0.2, -0.15) is 0 Å². The molecule has 0 saturated carbocycles. The third-order valence-corrected chi connectivity index (χ3v) is 1.18. The monoisotopic (exact) mass is 187 g/mol. The summed E-state index contributed by atoms with van der Waals surface area (Å²) < 4.78 is 12.7. The van der Waals surface area contributed by atoms with Crippen LogP contribution in [-0.2, 0) is 4.79 Å². The molecule has 0 aromatic carbocycles. The van der Waals surface area contributed by atoms with Crippen LogP contribution in [0.4, 0.5) is 4.39 Å². The van der Waals surface area contributed by atoms with Gasteiger partial charge in [-0.3, -0.25) is 4.79 Å². The standard InChI is InChI=1S/C8H12FNO.C2H6/c1-3-5-6(8(10)11)7(9)4-2;1-2/h4-5H,3H2,1-2H3,(H2,10,11);1-2H3/b6-5-,7-4+;. The molecule has 3 heteroatoms. The lowest BCUT2D eigenvalue weighted by molar-refractivity contribution is -0.114. The summed E-state index contributed by atoms with van der Waals surface area (Å²) in [4.78, 5) is 10.6. The fourth-order valence-corrected chi connectivity index (χ4v) is 0.675. The van der Waals surface area contributed by atoms with Crippen LogP contribution in [0.5, 0.6) is 0 Å². The van der Waals surface area contributed by atoms with Gasteiger partial charge >= 0.3 is 0 Å². The van der Waals surface area contributed by atoms with E-state index in [1.807, 2.05) is 20.8 Å². The van der Waals surface area contributed by atoms with Gasteiger partial charge in [0.1, 0.15) is 5.83 Å². The van der Waals surface area contributed by atoms with Gasteiger partial charge in [-0.05, 0) is 13.3 Å². The number of allylic oxidation sites excluding steroid dienone is 2.